The molecule has 0 fully saturated rings. The first-order chi connectivity index (χ1) is 9.22. The first kappa shape index (κ1) is 15.4. The van der Waals surface area contributed by atoms with Crippen LogP contribution in [0.15, 0.2) is 37.6 Å². The lowest BCUT2D eigenvalue weighted by atomic mass is 10.2. The molecule has 1 aromatic rings. The highest BCUT2D eigenvalue weighted by Gasteiger charge is 2.11. The van der Waals surface area contributed by atoms with E-state index in [1.807, 2.05) is 4.90 Å². The monoisotopic (exact) mass is 263 g/mol. The molecule has 1 rings (SSSR count). The molecule has 0 spiro atoms. The number of pyridine rings is 1. The molecule has 0 aliphatic rings. The van der Waals surface area contributed by atoms with Gasteiger partial charge in [0.15, 0.2) is 0 Å². The Balaban J connectivity index is 2.94. The maximum Gasteiger partial charge on any atom is 0.141 e. The summed E-state index contributed by atoms with van der Waals surface area (Å²) in [6.07, 6.45) is 5.90. The van der Waals surface area contributed by atoms with E-state index < -0.39 is 0 Å². The Morgan fingerprint density at radius 2 is 2.05 bits per heavy atom. The quantitative estimate of drug-likeness (QED) is 0.548. The van der Waals surface area contributed by atoms with Crippen LogP contribution in [0.1, 0.15) is 18.9 Å². The summed E-state index contributed by atoms with van der Waals surface area (Å²) in [5, 5.41) is 3.27. The molecule has 104 valence electrons. The fourth-order valence-electron chi connectivity index (χ4n) is 1.85. The summed E-state index contributed by atoms with van der Waals surface area (Å²) < 4.78 is 13.3. The van der Waals surface area contributed by atoms with Crippen LogP contribution in [0.2, 0.25) is 0 Å². The molecular formula is C15H22FN3. The third-order valence-electron chi connectivity index (χ3n) is 2.65. The van der Waals surface area contributed by atoms with Gasteiger partial charge in [-0.1, -0.05) is 19.1 Å². The summed E-state index contributed by atoms with van der Waals surface area (Å²) in [6, 6.07) is 1.53. The van der Waals surface area contributed by atoms with Crippen LogP contribution in [-0.2, 0) is 6.54 Å². The average molecular weight is 263 g/mol. The third kappa shape index (κ3) is 4.83. The lowest BCUT2D eigenvalue weighted by Crippen LogP contribution is -2.27. The van der Waals surface area contributed by atoms with Crippen LogP contribution in [-0.4, -0.2) is 24.6 Å². The van der Waals surface area contributed by atoms with Crippen molar-refractivity contribution in [1.82, 2.24) is 10.3 Å². The molecule has 0 aliphatic heterocycles. The molecule has 4 heteroatoms. The van der Waals surface area contributed by atoms with Crippen molar-refractivity contribution < 1.29 is 4.39 Å². The maximum absolute atomic E-state index is 13.3. The van der Waals surface area contributed by atoms with Crippen LogP contribution in [0.3, 0.4) is 0 Å². The largest absolute Gasteiger partial charge is 0.349 e. The maximum atomic E-state index is 13.3. The molecule has 0 saturated heterocycles. The van der Waals surface area contributed by atoms with Gasteiger partial charge in [0.2, 0.25) is 0 Å². The molecule has 1 N–H and O–H groups in total. The predicted octanol–water partition coefficient (Wildman–Crippen LogP) is 2.90. The average Bonchev–Trinajstić information content (AvgIpc) is 2.39. The number of nitrogens with one attached hydrogen (secondary N) is 1. The Bertz CT molecular complexity index is 408. The van der Waals surface area contributed by atoms with Crippen molar-refractivity contribution in [3.05, 3.63) is 49.0 Å². The number of halogens is 1. The summed E-state index contributed by atoms with van der Waals surface area (Å²) in [4.78, 5) is 6.23. The van der Waals surface area contributed by atoms with Crippen molar-refractivity contribution in [3.8, 4) is 0 Å². The van der Waals surface area contributed by atoms with Crippen molar-refractivity contribution >= 4 is 5.82 Å². The molecule has 0 aromatic carbocycles. The summed E-state index contributed by atoms with van der Waals surface area (Å²) in [6.45, 7) is 12.4. The second-order valence-corrected chi connectivity index (χ2v) is 4.30. The predicted molar refractivity (Wildman–Crippen MR) is 78.8 cm³/mol. The van der Waals surface area contributed by atoms with Crippen molar-refractivity contribution in [2.45, 2.75) is 19.9 Å². The minimum absolute atomic E-state index is 0.311. The highest BCUT2D eigenvalue weighted by Crippen LogP contribution is 2.18. The van der Waals surface area contributed by atoms with E-state index in [1.165, 1.54) is 12.3 Å². The van der Waals surface area contributed by atoms with Gasteiger partial charge in [-0.05, 0) is 19.0 Å². The fourth-order valence-corrected chi connectivity index (χ4v) is 1.85. The van der Waals surface area contributed by atoms with Crippen LogP contribution in [0.5, 0.6) is 0 Å². The lowest BCUT2D eigenvalue weighted by molar-refractivity contribution is 0.610. The number of anilines is 1. The first-order valence-electron chi connectivity index (χ1n) is 6.54. The highest BCUT2D eigenvalue weighted by molar-refractivity contribution is 5.48. The minimum atomic E-state index is -0.311. The number of rotatable bonds is 9. The Labute approximate surface area is 114 Å². The number of hydrogen-bond donors (Lipinski definition) is 1. The van der Waals surface area contributed by atoms with Crippen molar-refractivity contribution in [2.75, 3.05) is 24.5 Å². The van der Waals surface area contributed by atoms with Gasteiger partial charge in [0.05, 0.1) is 6.20 Å². The molecule has 0 bridgehead atoms. The molecule has 0 aliphatic carbocycles. The molecule has 0 radical (unpaired) electrons. The molecule has 19 heavy (non-hydrogen) atoms. The van der Waals surface area contributed by atoms with Crippen molar-refractivity contribution in [1.29, 1.82) is 0 Å². The SMILES string of the molecule is C=CCN(CC=C)c1ncc(F)cc1CNCCC. The van der Waals surface area contributed by atoms with E-state index in [0.717, 1.165) is 24.3 Å². The van der Waals surface area contributed by atoms with Crippen LogP contribution < -0.4 is 10.2 Å². The molecule has 3 nitrogen and oxygen atoms in total. The zero-order valence-corrected chi connectivity index (χ0v) is 11.5. The molecule has 1 heterocycles. The van der Waals surface area contributed by atoms with Gasteiger partial charge in [0, 0.05) is 25.2 Å². The summed E-state index contributed by atoms with van der Waals surface area (Å²) in [5.41, 5.74) is 0.858. The second-order valence-electron chi connectivity index (χ2n) is 4.30. The third-order valence-corrected chi connectivity index (χ3v) is 2.65. The molecule has 0 amide bonds. The lowest BCUT2D eigenvalue weighted by Gasteiger charge is -2.23. The van der Waals surface area contributed by atoms with Gasteiger partial charge in [-0.3, -0.25) is 0 Å². The van der Waals surface area contributed by atoms with Crippen molar-refractivity contribution in [2.24, 2.45) is 0 Å². The molecule has 1 aromatic heterocycles. The summed E-state index contributed by atoms with van der Waals surface area (Å²) in [5.74, 6) is 0.471. The Hall–Kier alpha value is -1.68. The normalized spacial score (nSPS) is 10.2. The Morgan fingerprint density at radius 3 is 2.63 bits per heavy atom. The Morgan fingerprint density at radius 1 is 1.37 bits per heavy atom. The Kier molecular flexibility index (Phi) is 6.82. The molecule has 0 saturated carbocycles. The van der Waals surface area contributed by atoms with Gasteiger partial charge < -0.3 is 10.2 Å². The summed E-state index contributed by atoms with van der Waals surface area (Å²) >= 11 is 0. The van der Waals surface area contributed by atoms with Crippen molar-refractivity contribution in [3.63, 3.8) is 0 Å². The number of nitrogens with zero attached hydrogens (tertiary/aromatic N) is 2. The standard InChI is InChI=1S/C15H22FN3/c1-4-7-17-11-13-10-14(16)12-18-15(13)19(8-5-2)9-6-3/h5-6,10,12,17H,2-4,7-9,11H2,1H3. The van der Waals surface area contributed by atoms with Gasteiger partial charge in [0.25, 0.3) is 0 Å². The number of hydrogen-bond acceptors (Lipinski definition) is 3. The number of aromatic nitrogens is 1. The second kappa shape index (κ2) is 8.43. The van der Waals surface area contributed by atoms with E-state index in [4.69, 9.17) is 0 Å². The topological polar surface area (TPSA) is 28.2 Å². The molecular weight excluding hydrogens is 241 g/mol. The molecule has 0 atom stereocenters. The van der Waals surface area contributed by atoms with E-state index in [2.05, 4.69) is 30.4 Å². The molecule has 0 unspecified atom stereocenters. The summed E-state index contributed by atoms with van der Waals surface area (Å²) in [7, 11) is 0. The smallest absolute Gasteiger partial charge is 0.141 e. The van der Waals surface area contributed by atoms with E-state index in [9.17, 15) is 4.39 Å². The van der Waals surface area contributed by atoms with E-state index >= 15 is 0 Å². The van der Waals surface area contributed by atoms with E-state index in [-0.39, 0.29) is 5.82 Å². The van der Waals surface area contributed by atoms with Gasteiger partial charge in [0.1, 0.15) is 11.6 Å². The van der Waals surface area contributed by atoms with Gasteiger partial charge in [-0.25, -0.2) is 9.37 Å². The zero-order chi connectivity index (χ0) is 14.1. The highest BCUT2D eigenvalue weighted by atomic mass is 19.1. The van der Waals surface area contributed by atoms with Gasteiger partial charge >= 0.3 is 0 Å². The van der Waals surface area contributed by atoms with Crippen LogP contribution in [0, 0.1) is 5.82 Å². The van der Waals surface area contributed by atoms with Crippen LogP contribution in [0.4, 0.5) is 10.2 Å². The minimum Gasteiger partial charge on any atom is -0.349 e. The van der Waals surface area contributed by atoms with E-state index in [0.29, 0.717) is 19.6 Å². The van der Waals surface area contributed by atoms with Crippen LogP contribution in [0.25, 0.3) is 0 Å². The van der Waals surface area contributed by atoms with Crippen LogP contribution >= 0.6 is 0 Å². The van der Waals surface area contributed by atoms with Gasteiger partial charge in [-0.15, -0.1) is 13.2 Å². The fraction of sp³-hybridized carbons (Fsp3) is 0.400. The first-order valence-corrected chi connectivity index (χ1v) is 6.54. The van der Waals surface area contributed by atoms with E-state index in [1.54, 1.807) is 12.2 Å². The zero-order valence-electron chi connectivity index (χ0n) is 11.5. The van der Waals surface area contributed by atoms with Gasteiger partial charge in [-0.2, -0.15) is 0 Å².